The van der Waals surface area contributed by atoms with Crippen molar-refractivity contribution in [1.29, 1.82) is 5.26 Å². The molecule has 0 spiro atoms. The molecule has 1 N–H and O–H groups in total. The van der Waals surface area contributed by atoms with Gasteiger partial charge in [-0.1, -0.05) is 42.0 Å². The van der Waals surface area contributed by atoms with Crippen LogP contribution in [0.25, 0.3) is 0 Å². The number of amides is 1. The van der Waals surface area contributed by atoms with Crippen LogP contribution in [0, 0.1) is 18.3 Å². The van der Waals surface area contributed by atoms with Gasteiger partial charge in [0.15, 0.2) is 11.4 Å². The quantitative estimate of drug-likeness (QED) is 0.613. The standard InChI is InChI=1S/C28H34N2O5/c1-5-30-26(31)28(33-18-22-8-6-7-19(2)13-22)14-23(25-24(15-28)34-27(3,4)35-25)32-17-21-11-9-20(16-29)10-12-21/h6-13,23-25H,5,14-15,17-18H2,1-4H3,(H,30,31)/t23-,24-,25+,28-/m1/s1. The van der Waals surface area contributed by atoms with Crippen molar-refractivity contribution < 1.29 is 23.7 Å². The number of hydrogen-bond acceptors (Lipinski definition) is 6. The number of hydrogen-bond donors (Lipinski definition) is 1. The lowest BCUT2D eigenvalue weighted by molar-refractivity contribution is -0.183. The number of nitrogens with one attached hydrogen (secondary N) is 1. The molecule has 0 unspecified atom stereocenters. The molecule has 1 amide bonds. The second-order valence-corrected chi connectivity index (χ2v) is 9.84. The smallest absolute Gasteiger partial charge is 0.252 e. The lowest BCUT2D eigenvalue weighted by Crippen LogP contribution is -2.60. The largest absolute Gasteiger partial charge is 0.371 e. The fourth-order valence-corrected chi connectivity index (χ4v) is 4.93. The highest BCUT2D eigenvalue weighted by Gasteiger charge is 2.57. The highest BCUT2D eigenvalue weighted by atomic mass is 16.8. The van der Waals surface area contributed by atoms with Gasteiger partial charge in [-0.25, -0.2) is 0 Å². The summed E-state index contributed by atoms with van der Waals surface area (Å²) in [5.41, 5.74) is 2.57. The summed E-state index contributed by atoms with van der Waals surface area (Å²) in [6.45, 7) is 8.83. The Hall–Kier alpha value is -2.76. The molecule has 4 rings (SSSR count). The molecule has 2 aliphatic rings. The Balaban J connectivity index is 1.58. The first kappa shape index (κ1) is 25.3. The van der Waals surface area contributed by atoms with E-state index in [2.05, 4.69) is 17.5 Å². The Kier molecular flexibility index (Phi) is 7.58. The van der Waals surface area contributed by atoms with Crippen LogP contribution in [0.4, 0.5) is 0 Å². The van der Waals surface area contributed by atoms with Crippen LogP contribution in [0.15, 0.2) is 48.5 Å². The monoisotopic (exact) mass is 478 g/mol. The molecule has 2 aromatic carbocycles. The first-order valence-electron chi connectivity index (χ1n) is 12.2. The number of nitrogens with zero attached hydrogens (tertiary/aromatic N) is 1. The second-order valence-electron chi connectivity index (χ2n) is 9.84. The predicted octanol–water partition coefficient (Wildman–Crippen LogP) is 4.16. The number of rotatable bonds is 8. The lowest BCUT2D eigenvalue weighted by Gasteiger charge is -2.43. The van der Waals surface area contributed by atoms with Crippen molar-refractivity contribution >= 4 is 5.91 Å². The number of fused-ring (bicyclic) bond motifs is 1. The molecule has 35 heavy (non-hydrogen) atoms. The molecular weight excluding hydrogens is 444 g/mol. The van der Waals surface area contributed by atoms with E-state index in [0.717, 1.165) is 16.7 Å². The van der Waals surface area contributed by atoms with E-state index >= 15 is 0 Å². The summed E-state index contributed by atoms with van der Waals surface area (Å²) in [6, 6.07) is 17.5. The minimum Gasteiger partial charge on any atom is -0.371 e. The van der Waals surface area contributed by atoms with Gasteiger partial charge in [-0.2, -0.15) is 5.26 Å². The first-order chi connectivity index (χ1) is 16.7. The predicted molar refractivity (Wildman–Crippen MR) is 130 cm³/mol. The number of benzene rings is 2. The molecule has 186 valence electrons. The molecular formula is C28H34N2O5. The summed E-state index contributed by atoms with van der Waals surface area (Å²) >= 11 is 0. The zero-order valence-corrected chi connectivity index (χ0v) is 20.9. The van der Waals surface area contributed by atoms with Gasteiger partial charge < -0.3 is 24.3 Å². The molecule has 7 nitrogen and oxygen atoms in total. The number of ether oxygens (including phenoxy) is 4. The highest BCUT2D eigenvalue weighted by Crippen LogP contribution is 2.44. The van der Waals surface area contributed by atoms with E-state index in [0.29, 0.717) is 38.2 Å². The summed E-state index contributed by atoms with van der Waals surface area (Å²) in [7, 11) is 0. The summed E-state index contributed by atoms with van der Waals surface area (Å²) < 4.78 is 25.3. The third-order valence-corrected chi connectivity index (χ3v) is 6.55. The summed E-state index contributed by atoms with van der Waals surface area (Å²) in [5.74, 6) is -0.939. The highest BCUT2D eigenvalue weighted by molar-refractivity contribution is 5.85. The van der Waals surface area contributed by atoms with Crippen LogP contribution in [-0.2, 0) is 37.0 Å². The Bertz CT molecular complexity index is 1080. The molecule has 1 aliphatic carbocycles. The van der Waals surface area contributed by atoms with Crippen LogP contribution in [-0.4, -0.2) is 42.2 Å². The van der Waals surface area contributed by atoms with E-state index in [1.165, 1.54) is 0 Å². The summed E-state index contributed by atoms with van der Waals surface area (Å²) in [6.07, 6.45) is -0.332. The van der Waals surface area contributed by atoms with Crippen molar-refractivity contribution in [2.24, 2.45) is 0 Å². The van der Waals surface area contributed by atoms with E-state index in [4.69, 9.17) is 24.2 Å². The van der Waals surface area contributed by atoms with E-state index in [9.17, 15) is 4.79 Å². The van der Waals surface area contributed by atoms with Crippen LogP contribution in [0.1, 0.15) is 55.9 Å². The van der Waals surface area contributed by atoms with Gasteiger partial charge in [0.25, 0.3) is 5.91 Å². The van der Waals surface area contributed by atoms with Crippen molar-refractivity contribution in [3.05, 3.63) is 70.8 Å². The van der Waals surface area contributed by atoms with Crippen LogP contribution < -0.4 is 5.32 Å². The zero-order valence-electron chi connectivity index (χ0n) is 20.9. The van der Waals surface area contributed by atoms with Gasteiger partial charge in [-0.05, 0) is 51.0 Å². The number of likely N-dealkylation sites (N-methyl/N-ethyl adjacent to an activating group) is 1. The molecule has 0 radical (unpaired) electrons. The maximum atomic E-state index is 13.4. The number of nitriles is 1. The fourth-order valence-electron chi connectivity index (χ4n) is 4.93. The molecule has 1 saturated heterocycles. The summed E-state index contributed by atoms with van der Waals surface area (Å²) in [4.78, 5) is 13.4. The molecule has 7 heteroatoms. The van der Waals surface area contributed by atoms with E-state index in [-0.39, 0.29) is 18.1 Å². The number of carbonyl (C=O) groups is 1. The van der Waals surface area contributed by atoms with E-state index < -0.39 is 17.5 Å². The van der Waals surface area contributed by atoms with Crippen LogP contribution in [0.5, 0.6) is 0 Å². The van der Waals surface area contributed by atoms with Gasteiger partial charge in [0.1, 0.15) is 6.10 Å². The topological polar surface area (TPSA) is 89.8 Å². The molecule has 1 aliphatic heterocycles. The third-order valence-electron chi connectivity index (χ3n) is 6.55. The van der Waals surface area contributed by atoms with Gasteiger partial charge in [0, 0.05) is 19.4 Å². The minimum absolute atomic E-state index is 0.161. The second kappa shape index (κ2) is 10.5. The molecule has 1 saturated carbocycles. The van der Waals surface area contributed by atoms with Gasteiger partial charge in [0.2, 0.25) is 0 Å². The Morgan fingerprint density at radius 3 is 2.57 bits per heavy atom. The Labute approximate surface area is 207 Å². The number of carbonyl (C=O) groups excluding carboxylic acids is 1. The van der Waals surface area contributed by atoms with Crippen molar-refractivity contribution in [1.82, 2.24) is 5.32 Å². The van der Waals surface area contributed by atoms with Crippen LogP contribution in [0.2, 0.25) is 0 Å². The van der Waals surface area contributed by atoms with Gasteiger partial charge >= 0.3 is 0 Å². The maximum Gasteiger partial charge on any atom is 0.252 e. The SMILES string of the molecule is CCNC(=O)[C@@]1(OCc2cccc(C)c2)C[C@@H](OCc2ccc(C#N)cc2)[C@@H]2OC(C)(C)O[C@@H]2C1. The third kappa shape index (κ3) is 5.91. The van der Waals surface area contributed by atoms with Crippen molar-refractivity contribution in [3.63, 3.8) is 0 Å². The van der Waals surface area contributed by atoms with Crippen molar-refractivity contribution in [3.8, 4) is 6.07 Å². The lowest BCUT2D eigenvalue weighted by atomic mass is 9.78. The van der Waals surface area contributed by atoms with Gasteiger partial charge in [-0.15, -0.1) is 0 Å². The minimum atomic E-state index is -1.11. The van der Waals surface area contributed by atoms with E-state index in [1.807, 2.05) is 58.0 Å². The van der Waals surface area contributed by atoms with Gasteiger partial charge in [0.05, 0.1) is 37.1 Å². The maximum absolute atomic E-state index is 13.4. The normalized spacial score (nSPS) is 27.1. The van der Waals surface area contributed by atoms with Crippen LogP contribution >= 0.6 is 0 Å². The van der Waals surface area contributed by atoms with Crippen molar-refractivity contribution in [2.45, 2.75) is 83.5 Å². The Morgan fingerprint density at radius 1 is 1.11 bits per heavy atom. The Morgan fingerprint density at radius 2 is 1.89 bits per heavy atom. The van der Waals surface area contributed by atoms with Gasteiger partial charge in [-0.3, -0.25) is 4.79 Å². The molecule has 1 heterocycles. The first-order valence-corrected chi connectivity index (χ1v) is 12.2. The average molecular weight is 479 g/mol. The molecule has 0 bridgehead atoms. The van der Waals surface area contributed by atoms with Crippen molar-refractivity contribution in [2.75, 3.05) is 6.54 Å². The molecule has 2 fully saturated rings. The van der Waals surface area contributed by atoms with E-state index in [1.54, 1.807) is 12.1 Å². The van der Waals surface area contributed by atoms with Crippen LogP contribution in [0.3, 0.4) is 0 Å². The molecule has 0 aromatic heterocycles. The summed E-state index contributed by atoms with van der Waals surface area (Å²) in [5, 5.41) is 12.0. The average Bonchev–Trinajstić information content (AvgIpc) is 3.15. The molecule has 2 aromatic rings. The fraction of sp³-hybridized carbons (Fsp3) is 0.500. The number of aryl methyl sites for hydroxylation is 1. The zero-order chi connectivity index (χ0) is 25.1. The molecule has 4 atom stereocenters.